The summed E-state index contributed by atoms with van der Waals surface area (Å²) in [5.41, 5.74) is 0.416. The van der Waals surface area contributed by atoms with Crippen LogP contribution in [0.25, 0.3) is 0 Å². The summed E-state index contributed by atoms with van der Waals surface area (Å²) in [5.74, 6) is 0. The van der Waals surface area contributed by atoms with Crippen LogP contribution < -0.4 is 0 Å². The number of hydrogen-bond donors (Lipinski definition) is 1. The van der Waals surface area contributed by atoms with E-state index in [9.17, 15) is 10.0 Å². The van der Waals surface area contributed by atoms with Crippen molar-refractivity contribution in [2.24, 2.45) is 5.18 Å². The Bertz CT molecular complexity index is 248. The highest BCUT2D eigenvalue weighted by Crippen LogP contribution is 2.55. The number of nitrogens with zero attached hydrogens (tertiary/aromatic N) is 1. The van der Waals surface area contributed by atoms with Crippen LogP contribution in [-0.2, 0) is 0 Å². The molecule has 0 aromatic carbocycles. The minimum absolute atomic E-state index is 0.0604. The first-order valence-corrected chi connectivity index (χ1v) is 3.77. The lowest BCUT2D eigenvalue weighted by atomic mass is 10.1. The molecule has 0 bridgehead atoms. The molecule has 1 aliphatic carbocycles. The van der Waals surface area contributed by atoms with Gasteiger partial charge in [0.2, 0.25) is 0 Å². The van der Waals surface area contributed by atoms with Crippen LogP contribution in [0.2, 0.25) is 0 Å². The third-order valence-electron chi connectivity index (χ3n) is 1.59. The third-order valence-corrected chi connectivity index (χ3v) is 2.85. The summed E-state index contributed by atoms with van der Waals surface area (Å²) in [4.78, 5) is 9.25. The molecule has 0 spiro atoms. The first-order chi connectivity index (χ1) is 4.74. The lowest BCUT2D eigenvalue weighted by molar-refractivity contribution is 0.228. The molecule has 1 saturated heterocycles. The summed E-state index contributed by atoms with van der Waals surface area (Å²) in [6.07, 6.45) is 4.83. The highest BCUT2D eigenvalue weighted by molar-refractivity contribution is 8.08. The van der Waals surface area contributed by atoms with Crippen molar-refractivity contribution >= 4 is 11.8 Å². The van der Waals surface area contributed by atoms with Crippen molar-refractivity contribution in [2.45, 2.75) is 10.2 Å². The Morgan fingerprint density at radius 3 is 3.20 bits per heavy atom. The molecule has 1 fully saturated rings. The molecule has 2 unspecified atom stereocenters. The van der Waals surface area contributed by atoms with Gasteiger partial charge in [-0.25, -0.2) is 0 Å². The van der Waals surface area contributed by atoms with Gasteiger partial charge in [0, 0.05) is 0 Å². The van der Waals surface area contributed by atoms with Gasteiger partial charge in [0.1, 0.15) is 10.6 Å². The fraction of sp³-hybridized carbons (Fsp3) is 0.333. The van der Waals surface area contributed by atoms with Crippen LogP contribution in [-0.4, -0.2) is 15.3 Å². The van der Waals surface area contributed by atoms with Crippen LogP contribution in [0.4, 0.5) is 0 Å². The van der Waals surface area contributed by atoms with Crippen LogP contribution in [0.15, 0.2) is 29.1 Å². The zero-order valence-electron chi connectivity index (χ0n) is 5.02. The van der Waals surface area contributed by atoms with Crippen LogP contribution in [0.5, 0.6) is 0 Å². The summed E-state index contributed by atoms with van der Waals surface area (Å²) in [6, 6.07) is 0. The van der Waals surface area contributed by atoms with Crippen molar-refractivity contribution in [1.82, 2.24) is 0 Å². The molecule has 2 atom stereocenters. The molecular formula is C6H5NO2S. The van der Waals surface area contributed by atoms with E-state index in [0.717, 1.165) is 0 Å². The molecule has 52 valence electrons. The van der Waals surface area contributed by atoms with E-state index in [1.165, 1.54) is 11.8 Å². The molecule has 10 heavy (non-hydrogen) atoms. The lowest BCUT2D eigenvalue weighted by Gasteiger charge is -2.01. The molecule has 1 heterocycles. The number of nitroso groups, excluding NO2 is 1. The molecule has 1 aliphatic heterocycles. The minimum Gasteiger partial charge on any atom is -0.374 e. The van der Waals surface area contributed by atoms with Gasteiger partial charge in [-0.2, -0.15) is 0 Å². The molecule has 0 saturated carbocycles. The van der Waals surface area contributed by atoms with Crippen molar-refractivity contribution in [3.63, 3.8) is 0 Å². The van der Waals surface area contributed by atoms with Crippen LogP contribution in [0.1, 0.15) is 0 Å². The van der Waals surface area contributed by atoms with Gasteiger partial charge in [-0.3, -0.25) is 0 Å². The summed E-state index contributed by atoms with van der Waals surface area (Å²) in [7, 11) is 0. The van der Waals surface area contributed by atoms with Gasteiger partial charge in [-0.05, 0) is 23.4 Å². The Hall–Kier alpha value is -0.610. The highest BCUT2D eigenvalue weighted by atomic mass is 32.2. The smallest absolute Gasteiger partial charge is 0.145 e. The van der Waals surface area contributed by atoms with Crippen LogP contribution >= 0.6 is 11.8 Å². The molecule has 1 N–H and O–H groups in total. The average molecular weight is 155 g/mol. The number of hydrogen-bond acceptors (Lipinski definition) is 4. The Morgan fingerprint density at radius 1 is 1.80 bits per heavy atom. The Labute approximate surface area is 61.8 Å². The van der Waals surface area contributed by atoms with Gasteiger partial charge in [0.15, 0.2) is 0 Å². The molecule has 0 aromatic heterocycles. The van der Waals surface area contributed by atoms with Crippen LogP contribution in [0.3, 0.4) is 0 Å². The second kappa shape index (κ2) is 1.71. The predicted octanol–water partition coefficient (Wildman–Crippen LogP) is 1.01. The number of thioether (sulfide) groups is 1. The van der Waals surface area contributed by atoms with E-state index in [1.54, 1.807) is 18.2 Å². The number of aliphatic hydroxyl groups is 1. The minimum atomic E-state index is -0.714. The molecule has 0 aromatic rings. The second-order valence-corrected chi connectivity index (χ2v) is 3.70. The summed E-state index contributed by atoms with van der Waals surface area (Å²) in [6.45, 7) is 0. The van der Waals surface area contributed by atoms with Gasteiger partial charge < -0.3 is 5.11 Å². The Kier molecular flexibility index (Phi) is 1.04. The largest absolute Gasteiger partial charge is 0.374 e. The molecule has 3 nitrogen and oxygen atoms in total. The van der Waals surface area contributed by atoms with Gasteiger partial charge in [0.25, 0.3) is 0 Å². The van der Waals surface area contributed by atoms with E-state index in [0.29, 0.717) is 5.70 Å². The fourth-order valence-electron chi connectivity index (χ4n) is 0.933. The van der Waals surface area contributed by atoms with E-state index >= 15 is 0 Å². The monoisotopic (exact) mass is 155 g/mol. The first-order valence-electron chi connectivity index (χ1n) is 2.89. The lowest BCUT2D eigenvalue weighted by Crippen LogP contribution is -2.10. The van der Waals surface area contributed by atoms with E-state index in [4.69, 9.17) is 0 Å². The second-order valence-electron chi connectivity index (χ2n) is 2.31. The maximum atomic E-state index is 9.97. The average Bonchev–Trinajstić information content (AvgIpc) is 2.59. The van der Waals surface area contributed by atoms with E-state index in [1.807, 2.05) is 0 Å². The first kappa shape index (κ1) is 6.12. The Balaban J connectivity index is 2.27. The van der Waals surface area contributed by atoms with Crippen LogP contribution in [0, 0.1) is 4.91 Å². The van der Waals surface area contributed by atoms with E-state index in [-0.39, 0.29) is 5.25 Å². The van der Waals surface area contributed by atoms with Crippen molar-refractivity contribution in [3.05, 3.63) is 28.8 Å². The third kappa shape index (κ3) is 0.726. The molecule has 4 heteroatoms. The quantitative estimate of drug-likeness (QED) is 0.454. The molecule has 0 radical (unpaired) electrons. The van der Waals surface area contributed by atoms with Gasteiger partial charge in [0.05, 0.1) is 5.25 Å². The molecular weight excluding hydrogens is 150 g/mol. The van der Waals surface area contributed by atoms with E-state index < -0.39 is 4.93 Å². The van der Waals surface area contributed by atoms with Gasteiger partial charge in [-0.1, -0.05) is 0 Å². The fourth-order valence-corrected chi connectivity index (χ4v) is 1.77. The zero-order chi connectivity index (χ0) is 7.19. The number of allylic oxidation sites excluding steroid dienone is 1. The highest BCUT2D eigenvalue weighted by Gasteiger charge is 2.52. The predicted molar refractivity (Wildman–Crippen MR) is 39.3 cm³/mol. The summed E-state index contributed by atoms with van der Waals surface area (Å²) in [5, 5.41) is 12.2. The van der Waals surface area contributed by atoms with Crippen molar-refractivity contribution < 1.29 is 5.11 Å². The van der Waals surface area contributed by atoms with Crippen molar-refractivity contribution in [3.8, 4) is 0 Å². The Morgan fingerprint density at radius 2 is 2.60 bits per heavy atom. The topological polar surface area (TPSA) is 49.7 Å². The van der Waals surface area contributed by atoms with Crippen molar-refractivity contribution in [2.75, 3.05) is 0 Å². The maximum absolute atomic E-state index is 9.97. The van der Waals surface area contributed by atoms with E-state index in [2.05, 4.69) is 5.18 Å². The SMILES string of the molecule is O=NC1=CC2SC2(O)C=C1. The molecule has 2 rings (SSSR count). The zero-order valence-corrected chi connectivity index (χ0v) is 5.84. The van der Waals surface area contributed by atoms with Crippen molar-refractivity contribution in [1.29, 1.82) is 0 Å². The number of fused-ring (bicyclic) bond motifs is 1. The summed E-state index contributed by atoms with van der Waals surface area (Å²) >= 11 is 1.41. The molecule has 2 aliphatic rings. The standard InChI is InChI=1S/C6H5NO2S/c8-6-2-1-4(7-9)3-5(6)10-6/h1-3,5,8H. The van der Waals surface area contributed by atoms with Gasteiger partial charge >= 0.3 is 0 Å². The molecule has 0 amide bonds. The van der Waals surface area contributed by atoms with Gasteiger partial charge in [-0.15, -0.1) is 16.7 Å². The normalized spacial score (nSPS) is 42.1. The summed E-state index contributed by atoms with van der Waals surface area (Å²) < 4.78 is 0. The maximum Gasteiger partial charge on any atom is 0.145 e. The number of rotatable bonds is 1.